The van der Waals surface area contributed by atoms with Crippen LogP contribution < -0.4 is 10.2 Å². The van der Waals surface area contributed by atoms with Gasteiger partial charge in [-0.25, -0.2) is 4.98 Å². The molecule has 6 nitrogen and oxygen atoms in total. The molecule has 1 aliphatic rings. The van der Waals surface area contributed by atoms with Crippen molar-refractivity contribution >= 4 is 17.3 Å². The molecule has 0 atom stereocenters. The standard InChI is InChI=1S/C30H32N4O2/c1-31-25-14-10-22(11-15-25)28-29(23-12-16-26(17-13-23)34-18-4-3-5-19-34)33-30(32-28)24-8-6-21(7-9-24)20-27(35)36-2/h6-17,31H,3-5,18-20H2,1-2H3,(H,32,33). The predicted molar refractivity (Wildman–Crippen MR) is 146 cm³/mol. The van der Waals surface area contributed by atoms with Gasteiger partial charge in [-0.2, -0.15) is 0 Å². The molecule has 0 saturated carbocycles. The number of ether oxygens (including phenoxy) is 1. The molecule has 1 aromatic heterocycles. The van der Waals surface area contributed by atoms with Gasteiger partial charge in [0.05, 0.1) is 24.9 Å². The number of rotatable bonds is 7. The summed E-state index contributed by atoms with van der Waals surface area (Å²) in [5.41, 5.74) is 8.27. The van der Waals surface area contributed by atoms with E-state index >= 15 is 0 Å². The van der Waals surface area contributed by atoms with Gasteiger partial charge in [-0.15, -0.1) is 0 Å². The molecule has 0 aliphatic carbocycles. The number of nitrogens with zero attached hydrogens (tertiary/aromatic N) is 2. The average Bonchev–Trinajstić information content (AvgIpc) is 3.39. The highest BCUT2D eigenvalue weighted by molar-refractivity contribution is 5.82. The summed E-state index contributed by atoms with van der Waals surface area (Å²) in [6.07, 6.45) is 4.10. The van der Waals surface area contributed by atoms with Crippen molar-refractivity contribution in [2.45, 2.75) is 25.7 Å². The lowest BCUT2D eigenvalue weighted by molar-refractivity contribution is -0.139. The van der Waals surface area contributed by atoms with Gasteiger partial charge in [-0.05, 0) is 49.1 Å². The van der Waals surface area contributed by atoms with E-state index in [1.165, 1.54) is 32.1 Å². The third-order valence-electron chi connectivity index (χ3n) is 6.83. The molecule has 0 radical (unpaired) electrons. The molecule has 4 aromatic rings. The van der Waals surface area contributed by atoms with Crippen LogP contribution in [0, 0.1) is 0 Å². The second kappa shape index (κ2) is 10.7. The zero-order chi connectivity index (χ0) is 24.9. The van der Waals surface area contributed by atoms with Crippen molar-refractivity contribution in [3.05, 3.63) is 78.4 Å². The minimum atomic E-state index is -0.247. The van der Waals surface area contributed by atoms with Crippen LogP contribution in [0.4, 0.5) is 11.4 Å². The Balaban J connectivity index is 1.50. The molecular formula is C30H32N4O2. The number of carbonyl (C=O) groups is 1. The number of piperidine rings is 1. The van der Waals surface area contributed by atoms with Crippen molar-refractivity contribution in [2.24, 2.45) is 0 Å². The van der Waals surface area contributed by atoms with Crippen molar-refractivity contribution in [2.75, 3.05) is 37.5 Å². The number of H-pyrrole nitrogens is 1. The fourth-order valence-corrected chi connectivity index (χ4v) is 4.73. The molecule has 6 heteroatoms. The zero-order valence-corrected chi connectivity index (χ0v) is 20.9. The van der Waals surface area contributed by atoms with Crippen LogP contribution in [0.15, 0.2) is 72.8 Å². The van der Waals surface area contributed by atoms with Crippen LogP contribution in [0.2, 0.25) is 0 Å². The Kier molecular flexibility index (Phi) is 7.03. The quantitative estimate of drug-likeness (QED) is 0.310. The number of nitrogens with one attached hydrogen (secondary N) is 2. The maximum atomic E-state index is 11.6. The summed E-state index contributed by atoms with van der Waals surface area (Å²) in [4.78, 5) is 22.7. The number of aromatic amines is 1. The van der Waals surface area contributed by atoms with E-state index < -0.39 is 0 Å². The Bertz CT molecular complexity index is 1300. The van der Waals surface area contributed by atoms with E-state index in [4.69, 9.17) is 9.72 Å². The minimum Gasteiger partial charge on any atom is -0.469 e. The van der Waals surface area contributed by atoms with E-state index in [1.54, 1.807) is 0 Å². The third-order valence-corrected chi connectivity index (χ3v) is 6.83. The number of aromatic nitrogens is 2. The Hall–Kier alpha value is -4.06. The number of hydrogen-bond acceptors (Lipinski definition) is 5. The van der Waals surface area contributed by atoms with Crippen LogP contribution in [0.1, 0.15) is 24.8 Å². The maximum Gasteiger partial charge on any atom is 0.309 e. The summed E-state index contributed by atoms with van der Waals surface area (Å²) in [7, 11) is 3.33. The minimum absolute atomic E-state index is 0.247. The Morgan fingerprint density at radius 2 is 1.53 bits per heavy atom. The first-order valence-electron chi connectivity index (χ1n) is 12.5. The largest absolute Gasteiger partial charge is 0.469 e. The first-order valence-corrected chi connectivity index (χ1v) is 12.5. The molecule has 0 unspecified atom stereocenters. The van der Waals surface area contributed by atoms with Gasteiger partial charge in [0, 0.05) is 48.2 Å². The number of anilines is 2. The first-order chi connectivity index (χ1) is 17.6. The van der Waals surface area contributed by atoms with Gasteiger partial charge < -0.3 is 19.9 Å². The van der Waals surface area contributed by atoms with E-state index in [2.05, 4.69) is 63.7 Å². The molecule has 1 aliphatic heterocycles. The van der Waals surface area contributed by atoms with Crippen molar-refractivity contribution in [3.63, 3.8) is 0 Å². The molecule has 1 fully saturated rings. The number of benzene rings is 3. The second-order valence-electron chi connectivity index (χ2n) is 9.18. The normalized spacial score (nSPS) is 13.4. The lowest BCUT2D eigenvalue weighted by Crippen LogP contribution is -2.29. The Morgan fingerprint density at radius 1 is 0.889 bits per heavy atom. The summed E-state index contributed by atoms with van der Waals surface area (Å²) in [5, 5.41) is 3.18. The molecule has 3 aromatic carbocycles. The molecule has 0 spiro atoms. The highest BCUT2D eigenvalue weighted by atomic mass is 16.5. The van der Waals surface area contributed by atoms with Crippen LogP contribution in [0.3, 0.4) is 0 Å². The zero-order valence-electron chi connectivity index (χ0n) is 20.9. The molecule has 2 heterocycles. The van der Waals surface area contributed by atoms with E-state index in [1.807, 2.05) is 31.3 Å². The van der Waals surface area contributed by atoms with Gasteiger partial charge in [-0.3, -0.25) is 4.79 Å². The van der Waals surface area contributed by atoms with E-state index in [9.17, 15) is 4.79 Å². The molecule has 5 rings (SSSR count). The predicted octanol–water partition coefficient (Wildman–Crippen LogP) is 6.16. The van der Waals surface area contributed by atoms with E-state index in [0.717, 1.165) is 58.2 Å². The number of hydrogen-bond donors (Lipinski definition) is 2. The fraction of sp³-hybridized carbons (Fsp3) is 0.267. The van der Waals surface area contributed by atoms with Gasteiger partial charge in [-0.1, -0.05) is 48.5 Å². The van der Waals surface area contributed by atoms with Crippen LogP contribution >= 0.6 is 0 Å². The summed E-state index contributed by atoms with van der Waals surface area (Å²) in [6.45, 7) is 2.25. The smallest absolute Gasteiger partial charge is 0.309 e. The Morgan fingerprint density at radius 3 is 2.17 bits per heavy atom. The molecule has 1 saturated heterocycles. The van der Waals surface area contributed by atoms with Crippen molar-refractivity contribution < 1.29 is 9.53 Å². The second-order valence-corrected chi connectivity index (χ2v) is 9.18. The average molecular weight is 481 g/mol. The van der Waals surface area contributed by atoms with Gasteiger partial charge in [0.25, 0.3) is 0 Å². The van der Waals surface area contributed by atoms with E-state index in [0.29, 0.717) is 0 Å². The topological polar surface area (TPSA) is 70.2 Å². The maximum absolute atomic E-state index is 11.6. The summed E-state index contributed by atoms with van der Waals surface area (Å²) in [5.74, 6) is 0.547. The van der Waals surface area contributed by atoms with Gasteiger partial charge in [0.1, 0.15) is 5.82 Å². The highest BCUT2D eigenvalue weighted by Gasteiger charge is 2.17. The number of esters is 1. The molecule has 36 heavy (non-hydrogen) atoms. The van der Waals surface area contributed by atoms with Crippen molar-refractivity contribution in [3.8, 4) is 33.9 Å². The van der Waals surface area contributed by atoms with Gasteiger partial charge in [0.15, 0.2) is 0 Å². The fourth-order valence-electron chi connectivity index (χ4n) is 4.73. The SMILES string of the molecule is CNc1ccc(-c2[nH]c(-c3ccc(CC(=O)OC)cc3)nc2-c2ccc(N3CCCCC3)cc2)cc1. The Labute approximate surface area is 212 Å². The molecule has 0 bridgehead atoms. The highest BCUT2D eigenvalue weighted by Crippen LogP contribution is 2.35. The van der Waals surface area contributed by atoms with Crippen molar-refractivity contribution in [1.82, 2.24) is 9.97 Å². The van der Waals surface area contributed by atoms with Crippen molar-refractivity contribution in [1.29, 1.82) is 0 Å². The molecule has 0 amide bonds. The van der Waals surface area contributed by atoms with Crippen LogP contribution in [-0.4, -0.2) is 43.2 Å². The van der Waals surface area contributed by atoms with Crippen LogP contribution in [0.25, 0.3) is 33.9 Å². The van der Waals surface area contributed by atoms with Crippen LogP contribution in [0.5, 0.6) is 0 Å². The van der Waals surface area contributed by atoms with E-state index in [-0.39, 0.29) is 12.4 Å². The summed E-state index contributed by atoms with van der Waals surface area (Å²) >= 11 is 0. The lowest BCUT2D eigenvalue weighted by atomic mass is 10.0. The molecule has 184 valence electrons. The number of imidazole rings is 1. The van der Waals surface area contributed by atoms with Crippen LogP contribution in [-0.2, 0) is 16.0 Å². The molecule has 2 N–H and O–H groups in total. The number of carbonyl (C=O) groups excluding carboxylic acids is 1. The number of methoxy groups -OCH3 is 1. The van der Waals surface area contributed by atoms with Gasteiger partial charge in [0.2, 0.25) is 0 Å². The lowest BCUT2D eigenvalue weighted by Gasteiger charge is -2.28. The third kappa shape index (κ3) is 5.13. The molecular weight excluding hydrogens is 448 g/mol. The monoisotopic (exact) mass is 480 g/mol. The summed E-state index contributed by atoms with van der Waals surface area (Å²) < 4.78 is 4.78. The summed E-state index contributed by atoms with van der Waals surface area (Å²) in [6, 6.07) is 25.0. The van der Waals surface area contributed by atoms with Gasteiger partial charge >= 0.3 is 5.97 Å². The first kappa shape index (κ1) is 23.7.